The van der Waals surface area contributed by atoms with E-state index in [1.807, 2.05) is 31.3 Å². The van der Waals surface area contributed by atoms with Crippen LogP contribution in [0.2, 0.25) is 5.02 Å². The fourth-order valence-corrected chi connectivity index (χ4v) is 2.96. The number of fused-ring (bicyclic) bond motifs is 1. The first-order valence-corrected chi connectivity index (χ1v) is 8.05. The number of hydrogen-bond acceptors (Lipinski definition) is 2. The monoisotopic (exact) mass is 330 g/mol. The van der Waals surface area contributed by atoms with Crippen molar-refractivity contribution in [3.63, 3.8) is 0 Å². The number of hydrogen-bond donors (Lipinski definition) is 2. The van der Waals surface area contributed by atoms with E-state index >= 15 is 0 Å². The summed E-state index contributed by atoms with van der Waals surface area (Å²) in [5, 5.41) is 8.82. The number of aromatic amines is 1. The van der Waals surface area contributed by atoms with Crippen LogP contribution in [0.15, 0.2) is 30.5 Å². The van der Waals surface area contributed by atoms with Crippen LogP contribution in [0.3, 0.4) is 0 Å². The van der Waals surface area contributed by atoms with Gasteiger partial charge in [-0.25, -0.2) is 0 Å². The van der Waals surface area contributed by atoms with Gasteiger partial charge in [-0.3, -0.25) is 9.48 Å². The number of H-pyrrole nitrogens is 1. The summed E-state index contributed by atoms with van der Waals surface area (Å²) in [4.78, 5) is 15.6. The van der Waals surface area contributed by atoms with E-state index in [0.29, 0.717) is 29.5 Å². The Morgan fingerprint density at radius 1 is 1.39 bits per heavy atom. The second-order valence-electron chi connectivity index (χ2n) is 5.43. The van der Waals surface area contributed by atoms with Gasteiger partial charge in [-0.2, -0.15) is 5.10 Å². The molecule has 3 aromatic rings. The minimum absolute atomic E-state index is 0.183. The molecule has 2 N–H and O–H groups in total. The summed E-state index contributed by atoms with van der Waals surface area (Å²) < 4.78 is 1.64. The molecule has 0 fully saturated rings. The van der Waals surface area contributed by atoms with Crippen LogP contribution in [0.25, 0.3) is 10.9 Å². The lowest BCUT2D eigenvalue weighted by Crippen LogP contribution is -2.28. The smallest absolute Gasteiger partial charge is 0.271 e. The predicted octanol–water partition coefficient (Wildman–Crippen LogP) is 3.32. The van der Waals surface area contributed by atoms with Crippen LogP contribution in [0.1, 0.15) is 28.7 Å². The highest BCUT2D eigenvalue weighted by Crippen LogP contribution is 2.20. The van der Waals surface area contributed by atoms with Crippen LogP contribution in [-0.2, 0) is 13.0 Å². The summed E-state index contributed by atoms with van der Waals surface area (Å²) in [5.41, 5.74) is 3.41. The lowest BCUT2D eigenvalue weighted by atomic mass is 10.1. The normalized spacial score (nSPS) is 11.1. The van der Waals surface area contributed by atoms with Gasteiger partial charge in [0.05, 0.1) is 10.7 Å². The maximum Gasteiger partial charge on any atom is 0.271 e. The average Bonchev–Trinajstić information content (AvgIpc) is 3.09. The van der Waals surface area contributed by atoms with Crippen molar-refractivity contribution >= 4 is 28.4 Å². The Balaban J connectivity index is 1.68. The molecule has 120 valence electrons. The molecule has 23 heavy (non-hydrogen) atoms. The number of halogens is 1. The number of nitrogens with one attached hydrogen (secondary N) is 2. The van der Waals surface area contributed by atoms with Crippen molar-refractivity contribution in [3.05, 3.63) is 52.4 Å². The molecule has 0 aliphatic heterocycles. The Labute approximate surface area is 139 Å². The molecule has 0 atom stereocenters. The van der Waals surface area contributed by atoms with Crippen LogP contribution in [0, 0.1) is 6.92 Å². The average molecular weight is 331 g/mol. The molecule has 0 spiro atoms. The zero-order chi connectivity index (χ0) is 16.4. The first-order valence-electron chi connectivity index (χ1n) is 7.68. The van der Waals surface area contributed by atoms with E-state index in [9.17, 15) is 4.79 Å². The van der Waals surface area contributed by atoms with Gasteiger partial charge in [0.1, 0.15) is 5.69 Å². The van der Waals surface area contributed by atoms with Crippen molar-refractivity contribution in [2.45, 2.75) is 26.8 Å². The summed E-state index contributed by atoms with van der Waals surface area (Å²) in [5.74, 6) is -0.183. The SMILES string of the molecule is CCn1nc(C)c(Cl)c1C(=O)NCCc1c[nH]c2ccccc12. The van der Waals surface area contributed by atoms with E-state index in [-0.39, 0.29) is 5.91 Å². The van der Waals surface area contributed by atoms with Crippen molar-refractivity contribution in [1.82, 2.24) is 20.1 Å². The van der Waals surface area contributed by atoms with E-state index in [1.54, 1.807) is 11.6 Å². The Morgan fingerprint density at radius 2 is 2.17 bits per heavy atom. The zero-order valence-corrected chi connectivity index (χ0v) is 13.9. The molecule has 0 unspecified atom stereocenters. The van der Waals surface area contributed by atoms with Crippen LogP contribution in [0.5, 0.6) is 0 Å². The third kappa shape index (κ3) is 2.97. The second kappa shape index (κ2) is 6.46. The summed E-state index contributed by atoms with van der Waals surface area (Å²) in [7, 11) is 0. The summed E-state index contributed by atoms with van der Waals surface area (Å²) in [6.45, 7) is 4.90. The fraction of sp³-hybridized carbons (Fsp3) is 0.294. The van der Waals surface area contributed by atoms with Crippen molar-refractivity contribution in [3.8, 4) is 0 Å². The number of carbonyl (C=O) groups excluding carboxylic acids is 1. The van der Waals surface area contributed by atoms with Gasteiger partial charge >= 0.3 is 0 Å². The Hall–Kier alpha value is -2.27. The van der Waals surface area contributed by atoms with Crippen LogP contribution < -0.4 is 5.32 Å². The molecule has 1 amide bonds. The topological polar surface area (TPSA) is 62.7 Å². The van der Waals surface area contributed by atoms with Gasteiger partial charge in [-0.15, -0.1) is 0 Å². The maximum atomic E-state index is 12.4. The molecule has 0 bridgehead atoms. The summed E-state index contributed by atoms with van der Waals surface area (Å²) >= 11 is 6.19. The number of amides is 1. The van der Waals surface area contributed by atoms with E-state index in [2.05, 4.69) is 21.5 Å². The van der Waals surface area contributed by atoms with Crippen molar-refractivity contribution in [1.29, 1.82) is 0 Å². The minimum Gasteiger partial charge on any atom is -0.361 e. The Morgan fingerprint density at radius 3 is 2.96 bits per heavy atom. The third-order valence-electron chi connectivity index (χ3n) is 3.92. The highest BCUT2D eigenvalue weighted by molar-refractivity contribution is 6.34. The molecule has 2 aromatic heterocycles. The van der Waals surface area contributed by atoms with Crippen LogP contribution >= 0.6 is 11.6 Å². The summed E-state index contributed by atoms with van der Waals surface area (Å²) in [6.07, 6.45) is 2.75. The van der Waals surface area contributed by atoms with E-state index < -0.39 is 0 Å². The highest BCUT2D eigenvalue weighted by atomic mass is 35.5. The lowest BCUT2D eigenvalue weighted by Gasteiger charge is -2.07. The molecule has 2 heterocycles. The first-order chi connectivity index (χ1) is 11.1. The van der Waals surface area contributed by atoms with Crippen molar-refractivity contribution in [2.24, 2.45) is 0 Å². The number of para-hydroxylation sites is 1. The largest absolute Gasteiger partial charge is 0.361 e. The zero-order valence-electron chi connectivity index (χ0n) is 13.2. The van der Waals surface area contributed by atoms with E-state index in [0.717, 1.165) is 11.9 Å². The maximum absolute atomic E-state index is 12.4. The standard InChI is InChI=1S/C17H19ClN4O/c1-3-22-16(15(18)11(2)21-22)17(23)19-9-8-12-10-20-14-7-5-4-6-13(12)14/h4-7,10,20H,3,8-9H2,1-2H3,(H,19,23). The first kappa shape index (κ1) is 15.6. The predicted molar refractivity (Wildman–Crippen MR) is 92.0 cm³/mol. The minimum atomic E-state index is -0.183. The third-order valence-corrected chi connectivity index (χ3v) is 4.38. The number of nitrogens with zero attached hydrogens (tertiary/aromatic N) is 2. The number of aromatic nitrogens is 3. The van der Waals surface area contributed by atoms with Crippen molar-refractivity contribution < 1.29 is 4.79 Å². The quantitative estimate of drug-likeness (QED) is 0.753. The molecule has 6 heteroatoms. The van der Waals surface area contributed by atoms with Gasteiger partial charge in [0.15, 0.2) is 0 Å². The van der Waals surface area contributed by atoms with Crippen molar-refractivity contribution in [2.75, 3.05) is 6.54 Å². The molecule has 5 nitrogen and oxygen atoms in total. The Kier molecular flexibility index (Phi) is 4.39. The van der Waals surface area contributed by atoms with Gasteiger partial charge in [0, 0.05) is 30.2 Å². The van der Waals surface area contributed by atoms with Crippen LogP contribution in [-0.4, -0.2) is 27.2 Å². The summed E-state index contributed by atoms with van der Waals surface area (Å²) in [6, 6.07) is 8.14. The number of rotatable bonds is 5. The van der Waals surface area contributed by atoms with Gasteiger partial charge in [-0.1, -0.05) is 29.8 Å². The van der Waals surface area contributed by atoms with Gasteiger partial charge < -0.3 is 10.3 Å². The molecular formula is C17H19ClN4O. The second-order valence-corrected chi connectivity index (χ2v) is 5.81. The van der Waals surface area contributed by atoms with Gasteiger partial charge in [0.25, 0.3) is 5.91 Å². The molecule has 0 radical (unpaired) electrons. The molecule has 0 aliphatic rings. The molecule has 0 saturated heterocycles. The van der Waals surface area contributed by atoms with Gasteiger partial charge in [0.2, 0.25) is 0 Å². The number of carbonyl (C=O) groups is 1. The lowest BCUT2D eigenvalue weighted by molar-refractivity contribution is 0.0943. The fourth-order valence-electron chi connectivity index (χ4n) is 2.74. The van der Waals surface area contributed by atoms with E-state index in [1.165, 1.54) is 10.9 Å². The number of aryl methyl sites for hydroxylation is 2. The van der Waals surface area contributed by atoms with E-state index in [4.69, 9.17) is 11.6 Å². The molecular weight excluding hydrogens is 312 g/mol. The van der Waals surface area contributed by atoms with Gasteiger partial charge in [-0.05, 0) is 31.9 Å². The molecule has 1 aromatic carbocycles. The van der Waals surface area contributed by atoms with Crippen LogP contribution in [0.4, 0.5) is 0 Å². The number of benzene rings is 1. The molecule has 0 aliphatic carbocycles. The molecule has 3 rings (SSSR count). The Bertz CT molecular complexity index is 850. The molecule has 0 saturated carbocycles. The highest BCUT2D eigenvalue weighted by Gasteiger charge is 2.19.